The number of para-hydroxylation sites is 1. The maximum atomic E-state index is 13.8. The smallest absolute Gasteiger partial charge is 0.147 e. The van der Waals surface area contributed by atoms with Gasteiger partial charge >= 0.3 is 0 Å². The largest absolute Gasteiger partial charge is 0.348 e. The van der Waals surface area contributed by atoms with E-state index >= 15 is 0 Å². The van der Waals surface area contributed by atoms with Crippen molar-refractivity contribution >= 4 is 10.9 Å². The number of halogens is 2. The molecule has 0 amide bonds. The summed E-state index contributed by atoms with van der Waals surface area (Å²) in [6.07, 6.45) is 1.86. The fourth-order valence-corrected chi connectivity index (χ4v) is 2.28. The Labute approximate surface area is 103 Å². The van der Waals surface area contributed by atoms with Crippen LogP contribution in [0.4, 0.5) is 8.78 Å². The molecule has 1 nitrogen and oxygen atoms in total. The van der Waals surface area contributed by atoms with Crippen LogP contribution in [0.3, 0.4) is 0 Å². The van der Waals surface area contributed by atoms with Crippen molar-refractivity contribution in [3.8, 4) is 11.1 Å². The first-order valence-electron chi connectivity index (χ1n) is 5.66. The molecule has 18 heavy (non-hydrogen) atoms. The molecule has 0 aliphatic rings. The second-order valence-electron chi connectivity index (χ2n) is 4.30. The van der Waals surface area contributed by atoms with Gasteiger partial charge in [-0.1, -0.05) is 24.3 Å². The summed E-state index contributed by atoms with van der Waals surface area (Å²) in [7, 11) is 1.80. The van der Waals surface area contributed by atoms with Crippen molar-refractivity contribution in [1.82, 2.24) is 4.57 Å². The molecule has 1 aromatic heterocycles. The fourth-order valence-electron chi connectivity index (χ4n) is 2.28. The first kappa shape index (κ1) is 11.0. The zero-order valence-electron chi connectivity index (χ0n) is 9.82. The standard InChI is InChI=1S/C15H11F2N/c1-18-9-13(10-5-7-11(16)8-6-10)12-3-2-4-14(17)15(12)18/h2-9H,1H3. The molecule has 0 fully saturated rings. The highest BCUT2D eigenvalue weighted by Crippen LogP contribution is 2.31. The zero-order valence-corrected chi connectivity index (χ0v) is 9.82. The van der Waals surface area contributed by atoms with E-state index in [9.17, 15) is 8.78 Å². The van der Waals surface area contributed by atoms with E-state index in [1.807, 2.05) is 12.3 Å². The number of aryl methyl sites for hydroxylation is 1. The molecule has 0 radical (unpaired) electrons. The summed E-state index contributed by atoms with van der Waals surface area (Å²) in [4.78, 5) is 0. The second kappa shape index (κ2) is 3.95. The van der Waals surface area contributed by atoms with Crippen molar-refractivity contribution in [1.29, 1.82) is 0 Å². The van der Waals surface area contributed by atoms with Gasteiger partial charge in [-0.25, -0.2) is 8.78 Å². The molecular formula is C15H11F2N. The van der Waals surface area contributed by atoms with Crippen LogP contribution in [0.5, 0.6) is 0 Å². The van der Waals surface area contributed by atoms with Crippen LogP contribution in [-0.2, 0) is 7.05 Å². The summed E-state index contributed by atoms with van der Waals surface area (Å²) >= 11 is 0. The average Bonchev–Trinajstić information content (AvgIpc) is 2.69. The quantitative estimate of drug-likeness (QED) is 0.605. The van der Waals surface area contributed by atoms with Crippen LogP contribution in [0, 0.1) is 11.6 Å². The van der Waals surface area contributed by atoms with Crippen LogP contribution < -0.4 is 0 Å². The van der Waals surface area contributed by atoms with Gasteiger partial charge in [0.25, 0.3) is 0 Å². The van der Waals surface area contributed by atoms with Crippen molar-refractivity contribution < 1.29 is 8.78 Å². The van der Waals surface area contributed by atoms with Gasteiger partial charge < -0.3 is 4.57 Å². The third kappa shape index (κ3) is 1.59. The van der Waals surface area contributed by atoms with E-state index in [0.717, 1.165) is 16.5 Å². The molecule has 0 aliphatic carbocycles. The van der Waals surface area contributed by atoms with Crippen LogP contribution in [0.25, 0.3) is 22.0 Å². The maximum Gasteiger partial charge on any atom is 0.147 e. The lowest BCUT2D eigenvalue weighted by Crippen LogP contribution is -1.86. The average molecular weight is 243 g/mol. The van der Waals surface area contributed by atoms with Crippen LogP contribution >= 0.6 is 0 Å². The van der Waals surface area contributed by atoms with Gasteiger partial charge in [0.1, 0.15) is 11.6 Å². The summed E-state index contributed by atoms with van der Waals surface area (Å²) in [5.41, 5.74) is 2.36. The molecule has 0 saturated heterocycles. The van der Waals surface area contributed by atoms with Crippen LogP contribution in [0.2, 0.25) is 0 Å². The van der Waals surface area contributed by atoms with Gasteiger partial charge in [0.2, 0.25) is 0 Å². The van der Waals surface area contributed by atoms with Crippen molar-refractivity contribution in [3.05, 3.63) is 60.3 Å². The van der Waals surface area contributed by atoms with Gasteiger partial charge in [-0.05, 0) is 23.8 Å². The predicted molar refractivity (Wildman–Crippen MR) is 68.3 cm³/mol. The van der Waals surface area contributed by atoms with E-state index in [1.165, 1.54) is 18.2 Å². The van der Waals surface area contributed by atoms with Gasteiger partial charge in [-0.15, -0.1) is 0 Å². The highest BCUT2D eigenvalue weighted by molar-refractivity contribution is 5.96. The molecule has 0 spiro atoms. The second-order valence-corrected chi connectivity index (χ2v) is 4.30. The number of hydrogen-bond donors (Lipinski definition) is 0. The molecule has 3 aromatic rings. The topological polar surface area (TPSA) is 4.93 Å². The van der Waals surface area contributed by atoms with E-state index < -0.39 is 0 Å². The summed E-state index contributed by atoms with van der Waals surface area (Å²) in [5.74, 6) is -0.520. The Morgan fingerprint density at radius 3 is 2.39 bits per heavy atom. The van der Waals surface area contributed by atoms with Crippen LogP contribution in [0.1, 0.15) is 0 Å². The highest BCUT2D eigenvalue weighted by Gasteiger charge is 2.11. The molecule has 0 unspecified atom stereocenters. The van der Waals surface area contributed by atoms with Gasteiger partial charge in [0.05, 0.1) is 5.52 Å². The lowest BCUT2D eigenvalue weighted by atomic mass is 10.0. The molecule has 0 N–H and O–H groups in total. The van der Waals surface area contributed by atoms with E-state index in [1.54, 1.807) is 29.8 Å². The maximum absolute atomic E-state index is 13.8. The van der Waals surface area contributed by atoms with E-state index in [4.69, 9.17) is 0 Å². The van der Waals surface area contributed by atoms with Crippen LogP contribution in [-0.4, -0.2) is 4.57 Å². The first-order valence-corrected chi connectivity index (χ1v) is 5.66. The van der Waals surface area contributed by atoms with Crippen LogP contribution in [0.15, 0.2) is 48.7 Å². The lowest BCUT2D eigenvalue weighted by molar-refractivity contribution is 0.628. The molecule has 90 valence electrons. The normalized spacial score (nSPS) is 11.1. The summed E-state index contributed by atoms with van der Waals surface area (Å²) in [6.45, 7) is 0. The summed E-state index contributed by atoms with van der Waals surface area (Å²) < 4.78 is 28.4. The van der Waals surface area contributed by atoms with Crippen molar-refractivity contribution in [3.63, 3.8) is 0 Å². The van der Waals surface area contributed by atoms with E-state index in [0.29, 0.717) is 5.52 Å². The number of rotatable bonds is 1. The van der Waals surface area contributed by atoms with Crippen molar-refractivity contribution in [2.45, 2.75) is 0 Å². The fraction of sp³-hybridized carbons (Fsp3) is 0.0667. The Balaban J connectivity index is 2.30. The monoisotopic (exact) mass is 243 g/mol. The number of nitrogens with zero attached hydrogens (tertiary/aromatic N) is 1. The molecule has 0 atom stereocenters. The molecule has 3 rings (SSSR count). The molecule has 2 aromatic carbocycles. The van der Waals surface area contributed by atoms with Gasteiger partial charge in [0, 0.05) is 24.2 Å². The van der Waals surface area contributed by atoms with Crippen molar-refractivity contribution in [2.24, 2.45) is 7.05 Å². The van der Waals surface area contributed by atoms with Gasteiger partial charge in [0.15, 0.2) is 0 Å². The molecule has 0 aliphatic heterocycles. The predicted octanol–water partition coefficient (Wildman–Crippen LogP) is 4.12. The SMILES string of the molecule is Cn1cc(-c2ccc(F)cc2)c2cccc(F)c21. The minimum atomic E-state index is -0.273. The highest BCUT2D eigenvalue weighted by atomic mass is 19.1. The minimum absolute atomic E-state index is 0.247. The molecule has 3 heteroatoms. The Bertz CT molecular complexity index is 711. The number of benzene rings is 2. The van der Waals surface area contributed by atoms with E-state index in [2.05, 4.69) is 0 Å². The number of fused-ring (bicyclic) bond motifs is 1. The lowest BCUT2D eigenvalue weighted by Gasteiger charge is -1.99. The molecule has 0 saturated carbocycles. The Morgan fingerprint density at radius 1 is 0.944 bits per heavy atom. The van der Waals surface area contributed by atoms with Gasteiger partial charge in [-0.2, -0.15) is 0 Å². The number of aromatic nitrogens is 1. The minimum Gasteiger partial charge on any atom is -0.348 e. The molecule has 0 bridgehead atoms. The Kier molecular flexibility index (Phi) is 2.40. The molecular weight excluding hydrogens is 232 g/mol. The molecule has 1 heterocycles. The number of hydrogen-bond acceptors (Lipinski definition) is 0. The first-order chi connectivity index (χ1) is 8.66. The van der Waals surface area contributed by atoms with Gasteiger partial charge in [-0.3, -0.25) is 0 Å². The van der Waals surface area contributed by atoms with Crippen molar-refractivity contribution in [2.75, 3.05) is 0 Å². The Morgan fingerprint density at radius 2 is 1.67 bits per heavy atom. The Hall–Kier alpha value is -2.16. The zero-order chi connectivity index (χ0) is 12.7. The third-order valence-electron chi connectivity index (χ3n) is 3.11. The van der Waals surface area contributed by atoms with E-state index in [-0.39, 0.29) is 11.6 Å². The third-order valence-corrected chi connectivity index (χ3v) is 3.11. The summed E-state index contributed by atoms with van der Waals surface area (Å²) in [5, 5.41) is 0.837. The summed E-state index contributed by atoms with van der Waals surface area (Å²) in [6, 6.07) is 11.2.